The van der Waals surface area contributed by atoms with E-state index in [1.807, 2.05) is 19.0 Å². The van der Waals surface area contributed by atoms with Crippen molar-refractivity contribution in [1.82, 2.24) is 14.9 Å². The molecule has 3 aromatic rings. The van der Waals surface area contributed by atoms with Crippen LogP contribution in [0.4, 0.5) is 45.0 Å². The van der Waals surface area contributed by atoms with Crippen molar-refractivity contribution in [3.8, 4) is 22.8 Å². The summed E-state index contributed by atoms with van der Waals surface area (Å²) in [6.07, 6.45) is -2.51. The molecule has 0 spiro atoms. The van der Waals surface area contributed by atoms with Crippen molar-refractivity contribution in [1.29, 1.82) is 0 Å². The molecule has 1 amide bonds. The van der Waals surface area contributed by atoms with Crippen LogP contribution in [0.2, 0.25) is 0 Å². The third-order valence-electron chi connectivity index (χ3n) is 7.40. The van der Waals surface area contributed by atoms with Gasteiger partial charge in [-0.3, -0.25) is 4.79 Å². The van der Waals surface area contributed by atoms with E-state index in [0.717, 1.165) is 25.1 Å². The van der Waals surface area contributed by atoms with Crippen LogP contribution in [0, 0.1) is 11.6 Å². The molecule has 14 heteroatoms. The number of ether oxygens (including phenoxy) is 2. The van der Waals surface area contributed by atoms with E-state index in [1.165, 1.54) is 17.0 Å². The number of anilines is 4. The van der Waals surface area contributed by atoms with Crippen molar-refractivity contribution in [3.05, 3.63) is 48.2 Å². The van der Waals surface area contributed by atoms with E-state index in [0.29, 0.717) is 24.8 Å². The molecule has 9 nitrogen and oxygen atoms in total. The van der Waals surface area contributed by atoms with Crippen LogP contribution < -0.4 is 24.6 Å². The predicted octanol–water partition coefficient (Wildman–Crippen LogP) is 5.73. The van der Waals surface area contributed by atoms with Crippen LogP contribution in [0.25, 0.3) is 11.3 Å². The van der Waals surface area contributed by atoms with Gasteiger partial charge in [0.1, 0.15) is 11.5 Å². The Balaban J connectivity index is 1.47. The van der Waals surface area contributed by atoms with Gasteiger partial charge in [0.15, 0.2) is 23.9 Å². The lowest BCUT2D eigenvalue weighted by Crippen LogP contribution is -2.43. The van der Waals surface area contributed by atoms with E-state index in [2.05, 4.69) is 24.9 Å². The van der Waals surface area contributed by atoms with E-state index in [4.69, 9.17) is 4.74 Å². The number of piperidine rings is 1. The van der Waals surface area contributed by atoms with Crippen molar-refractivity contribution in [2.75, 3.05) is 48.9 Å². The normalized spacial score (nSPS) is 16.0. The molecular weight excluding hydrogens is 575 g/mol. The fourth-order valence-electron chi connectivity index (χ4n) is 5.37. The maximum atomic E-state index is 15.2. The first-order valence-corrected chi connectivity index (χ1v) is 13.7. The molecule has 2 aliphatic heterocycles. The SMILES string of the molecule is CC(C)N1C(=O)COc2c(F)cc(-c3nc(Nc4ccc(N5CCC(N(C)C)CC5)c(F)c4)ncc3OC(F)(F)F)cc21. The number of benzene rings is 2. The standard InChI is InChI=1S/C29H31F5N6O3/c1-16(2)40-23-12-17(11-21(31)27(23)42-15-25(40)41)26-24(43-29(32,33)34)14-35-28(37-26)36-18-5-6-22(20(30)13-18)39-9-7-19(8-10-39)38(3)4/h5-6,11-14,16,19H,7-10,15H2,1-4H3,(H,35,36,37). The van der Waals surface area contributed by atoms with Gasteiger partial charge < -0.3 is 29.5 Å². The van der Waals surface area contributed by atoms with Gasteiger partial charge in [-0.25, -0.2) is 18.7 Å². The molecule has 1 fully saturated rings. The minimum Gasteiger partial charge on any atom is -0.478 e. The number of aromatic nitrogens is 2. The summed E-state index contributed by atoms with van der Waals surface area (Å²) in [5, 5.41) is 2.80. The van der Waals surface area contributed by atoms with Crippen LogP contribution in [0.5, 0.6) is 11.5 Å². The third kappa shape index (κ3) is 6.58. The zero-order valence-corrected chi connectivity index (χ0v) is 24.0. The largest absolute Gasteiger partial charge is 0.573 e. The number of hydrogen-bond donors (Lipinski definition) is 1. The predicted molar refractivity (Wildman–Crippen MR) is 151 cm³/mol. The van der Waals surface area contributed by atoms with Gasteiger partial charge in [-0.05, 0) is 71.1 Å². The van der Waals surface area contributed by atoms with Crippen LogP contribution in [-0.2, 0) is 4.79 Å². The molecular formula is C29H31F5N6O3. The number of rotatable bonds is 7. The molecule has 2 aliphatic rings. The highest BCUT2D eigenvalue weighted by Gasteiger charge is 2.35. The highest BCUT2D eigenvalue weighted by atomic mass is 19.4. The Morgan fingerprint density at radius 1 is 1.07 bits per heavy atom. The first-order chi connectivity index (χ1) is 20.3. The summed E-state index contributed by atoms with van der Waals surface area (Å²) in [7, 11) is 4.04. The Bertz CT molecular complexity index is 1510. The highest BCUT2D eigenvalue weighted by Crippen LogP contribution is 2.42. The van der Waals surface area contributed by atoms with E-state index in [1.54, 1.807) is 26.0 Å². The minimum atomic E-state index is -5.09. The number of nitrogens with zero attached hydrogens (tertiary/aromatic N) is 5. The van der Waals surface area contributed by atoms with Gasteiger partial charge in [-0.2, -0.15) is 0 Å². The number of hydrogen-bond acceptors (Lipinski definition) is 8. The van der Waals surface area contributed by atoms with Crippen LogP contribution in [0.3, 0.4) is 0 Å². The molecule has 0 atom stereocenters. The van der Waals surface area contributed by atoms with Crippen LogP contribution >= 0.6 is 0 Å². The van der Waals surface area contributed by atoms with Gasteiger partial charge in [0, 0.05) is 36.4 Å². The lowest BCUT2D eigenvalue weighted by Gasteiger charge is -2.36. The Morgan fingerprint density at radius 3 is 2.42 bits per heavy atom. The van der Waals surface area contributed by atoms with E-state index >= 15 is 8.78 Å². The fourth-order valence-corrected chi connectivity index (χ4v) is 5.37. The van der Waals surface area contributed by atoms with Crippen LogP contribution in [0.15, 0.2) is 36.5 Å². The van der Waals surface area contributed by atoms with Crippen molar-refractivity contribution < 1.29 is 36.2 Å². The summed E-state index contributed by atoms with van der Waals surface area (Å²) in [5.41, 5.74) is 0.210. The van der Waals surface area contributed by atoms with Crippen LogP contribution in [0.1, 0.15) is 26.7 Å². The Hall–Kier alpha value is -4.20. The molecule has 1 N–H and O–H groups in total. The molecule has 1 aromatic heterocycles. The summed E-state index contributed by atoms with van der Waals surface area (Å²) in [4.78, 5) is 26.0. The van der Waals surface area contributed by atoms with Crippen molar-refractivity contribution in [2.24, 2.45) is 0 Å². The summed E-state index contributed by atoms with van der Waals surface area (Å²) in [5.74, 6) is -3.01. The summed E-state index contributed by atoms with van der Waals surface area (Å²) >= 11 is 0. The maximum absolute atomic E-state index is 15.2. The fraction of sp³-hybridized carbons (Fsp3) is 0.414. The summed E-state index contributed by atoms with van der Waals surface area (Å²) in [6.45, 7) is 4.43. The van der Waals surface area contributed by atoms with Gasteiger partial charge in [-0.15, -0.1) is 13.2 Å². The smallest absolute Gasteiger partial charge is 0.478 e. The van der Waals surface area contributed by atoms with Crippen molar-refractivity contribution >= 4 is 28.9 Å². The van der Waals surface area contributed by atoms with Gasteiger partial charge in [0.2, 0.25) is 5.95 Å². The number of alkyl halides is 3. The minimum absolute atomic E-state index is 0.0413. The molecule has 43 heavy (non-hydrogen) atoms. The topological polar surface area (TPSA) is 83.1 Å². The molecule has 230 valence electrons. The summed E-state index contributed by atoms with van der Waals surface area (Å²) < 4.78 is 79.5. The van der Waals surface area contributed by atoms with E-state index in [-0.39, 0.29) is 35.2 Å². The first-order valence-electron chi connectivity index (χ1n) is 13.7. The molecule has 0 unspecified atom stereocenters. The average molecular weight is 607 g/mol. The first kappa shape index (κ1) is 30.3. The maximum Gasteiger partial charge on any atom is 0.573 e. The van der Waals surface area contributed by atoms with E-state index < -0.39 is 41.4 Å². The van der Waals surface area contributed by atoms with Crippen molar-refractivity contribution in [2.45, 2.75) is 45.1 Å². The Kier molecular flexibility index (Phi) is 8.32. The quantitative estimate of drug-likeness (QED) is 0.342. The number of fused-ring (bicyclic) bond motifs is 1. The Labute approximate surface area is 245 Å². The number of carbonyl (C=O) groups excluding carboxylic acids is 1. The Morgan fingerprint density at radius 2 is 1.79 bits per heavy atom. The zero-order chi connectivity index (χ0) is 31.1. The molecule has 0 saturated carbocycles. The van der Waals surface area contributed by atoms with Crippen LogP contribution in [-0.4, -0.2) is 73.0 Å². The van der Waals surface area contributed by atoms with E-state index in [9.17, 15) is 18.0 Å². The molecule has 1 saturated heterocycles. The molecule has 3 heterocycles. The molecule has 0 radical (unpaired) electrons. The van der Waals surface area contributed by atoms with Gasteiger partial charge in [0.25, 0.3) is 5.91 Å². The third-order valence-corrected chi connectivity index (χ3v) is 7.40. The second-order valence-corrected chi connectivity index (χ2v) is 10.9. The lowest BCUT2D eigenvalue weighted by molar-refractivity contribution is -0.274. The number of amides is 1. The second kappa shape index (κ2) is 11.8. The average Bonchev–Trinajstić information content (AvgIpc) is 2.93. The highest BCUT2D eigenvalue weighted by molar-refractivity contribution is 5.99. The monoisotopic (exact) mass is 606 g/mol. The van der Waals surface area contributed by atoms with Gasteiger partial charge >= 0.3 is 6.36 Å². The van der Waals surface area contributed by atoms with Crippen molar-refractivity contribution in [3.63, 3.8) is 0 Å². The van der Waals surface area contributed by atoms with Gasteiger partial charge in [0.05, 0.1) is 17.6 Å². The molecule has 2 aromatic carbocycles. The lowest BCUT2D eigenvalue weighted by atomic mass is 10.0. The molecule has 0 bridgehead atoms. The van der Waals surface area contributed by atoms with Gasteiger partial charge in [-0.1, -0.05) is 0 Å². The number of halogens is 5. The zero-order valence-electron chi connectivity index (χ0n) is 24.0. The summed E-state index contributed by atoms with van der Waals surface area (Å²) in [6, 6.07) is 6.76. The number of carbonyl (C=O) groups is 1. The second-order valence-electron chi connectivity index (χ2n) is 10.9. The molecule has 5 rings (SSSR count). The molecule has 0 aliphatic carbocycles. The number of nitrogens with one attached hydrogen (secondary N) is 1.